The molecular formula is C18H16ClN3O3S. The van der Waals surface area contributed by atoms with Crippen molar-refractivity contribution >= 4 is 39.8 Å². The number of esters is 1. The van der Waals surface area contributed by atoms with Gasteiger partial charge in [0.2, 0.25) is 0 Å². The third-order valence-corrected chi connectivity index (χ3v) is 5.51. The lowest BCUT2D eigenvalue weighted by Gasteiger charge is -2.06. The topological polar surface area (TPSA) is 92.1 Å². The molecule has 1 amide bonds. The van der Waals surface area contributed by atoms with Gasteiger partial charge in [-0.3, -0.25) is 4.79 Å². The first-order chi connectivity index (χ1) is 12.6. The van der Waals surface area contributed by atoms with Gasteiger partial charge < -0.3 is 10.1 Å². The number of carbonyl (C=O) groups is 2. The van der Waals surface area contributed by atoms with E-state index in [0.29, 0.717) is 10.6 Å². The summed E-state index contributed by atoms with van der Waals surface area (Å²) in [4.78, 5) is 29.0. The maximum atomic E-state index is 12.1. The predicted octanol–water partition coefficient (Wildman–Crippen LogP) is 3.73. The Labute approximate surface area is 159 Å². The van der Waals surface area contributed by atoms with Crippen molar-refractivity contribution in [2.45, 2.75) is 32.1 Å². The molecule has 1 N–H and O–H groups in total. The number of nitrogens with one attached hydrogen (secondary N) is 1. The zero-order valence-electron chi connectivity index (χ0n) is 13.9. The Hall–Kier alpha value is -2.43. The molecule has 0 atom stereocenters. The van der Waals surface area contributed by atoms with Gasteiger partial charge >= 0.3 is 5.97 Å². The molecule has 0 saturated heterocycles. The molecule has 6 nitrogen and oxygen atoms in total. The highest BCUT2D eigenvalue weighted by atomic mass is 35.5. The van der Waals surface area contributed by atoms with Gasteiger partial charge in [-0.1, -0.05) is 18.0 Å². The van der Waals surface area contributed by atoms with Crippen LogP contribution in [0, 0.1) is 11.3 Å². The molecule has 0 radical (unpaired) electrons. The summed E-state index contributed by atoms with van der Waals surface area (Å²) in [7, 11) is 0. The summed E-state index contributed by atoms with van der Waals surface area (Å²) >= 11 is 7.10. The third kappa shape index (κ3) is 4.21. The van der Waals surface area contributed by atoms with Gasteiger partial charge in [-0.2, -0.15) is 5.26 Å². The zero-order chi connectivity index (χ0) is 18.5. The Morgan fingerprint density at radius 2 is 2.12 bits per heavy atom. The molecule has 0 unspecified atom stereocenters. The van der Waals surface area contributed by atoms with E-state index in [2.05, 4.69) is 16.4 Å². The fourth-order valence-corrected chi connectivity index (χ4v) is 4.19. The number of nitrogens with zero attached hydrogens (tertiary/aromatic N) is 2. The Morgan fingerprint density at radius 1 is 1.31 bits per heavy atom. The lowest BCUT2D eigenvalue weighted by Crippen LogP contribution is -2.21. The first kappa shape index (κ1) is 18.4. The van der Waals surface area contributed by atoms with Crippen LogP contribution in [0.15, 0.2) is 18.3 Å². The smallest absolute Gasteiger partial charge is 0.340 e. The van der Waals surface area contributed by atoms with E-state index in [1.54, 1.807) is 0 Å². The second kappa shape index (κ2) is 8.30. The summed E-state index contributed by atoms with van der Waals surface area (Å²) in [5, 5.41) is 13.0. The van der Waals surface area contributed by atoms with E-state index in [1.807, 2.05) is 0 Å². The normalized spacial score (nSPS) is 13.2. The van der Waals surface area contributed by atoms with Crippen molar-refractivity contribution in [1.82, 2.24) is 4.98 Å². The molecule has 2 heterocycles. The summed E-state index contributed by atoms with van der Waals surface area (Å²) in [6.07, 6.45) is 6.39. The van der Waals surface area contributed by atoms with Crippen LogP contribution in [0.5, 0.6) is 0 Å². The van der Waals surface area contributed by atoms with E-state index in [9.17, 15) is 14.9 Å². The minimum Gasteiger partial charge on any atom is -0.452 e. The summed E-state index contributed by atoms with van der Waals surface area (Å²) in [5.41, 5.74) is 1.80. The summed E-state index contributed by atoms with van der Waals surface area (Å²) in [6.45, 7) is -0.436. The van der Waals surface area contributed by atoms with Gasteiger partial charge in [-0.25, -0.2) is 9.78 Å². The number of aromatic nitrogens is 1. The van der Waals surface area contributed by atoms with Gasteiger partial charge in [0, 0.05) is 11.1 Å². The van der Waals surface area contributed by atoms with Crippen LogP contribution in [-0.4, -0.2) is 23.5 Å². The number of halogens is 1. The molecule has 0 spiro atoms. The van der Waals surface area contributed by atoms with Crippen molar-refractivity contribution in [3.63, 3.8) is 0 Å². The Bertz CT molecular complexity index is 871. The molecule has 0 aromatic carbocycles. The molecule has 1 aliphatic rings. The summed E-state index contributed by atoms with van der Waals surface area (Å²) in [6, 6.07) is 5.14. The van der Waals surface area contributed by atoms with E-state index in [-0.39, 0.29) is 10.7 Å². The van der Waals surface area contributed by atoms with Crippen molar-refractivity contribution in [3.05, 3.63) is 45.1 Å². The lowest BCUT2D eigenvalue weighted by atomic mass is 10.1. The van der Waals surface area contributed by atoms with Crippen molar-refractivity contribution in [2.24, 2.45) is 0 Å². The Balaban J connectivity index is 1.62. The third-order valence-electron chi connectivity index (χ3n) is 4.08. The average Bonchev–Trinajstić information content (AvgIpc) is 2.79. The van der Waals surface area contributed by atoms with Crippen LogP contribution in [0.2, 0.25) is 5.15 Å². The summed E-state index contributed by atoms with van der Waals surface area (Å²) in [5.74, 6) is -1.14. The predicted molar refractivity (Wildman–Crippen MR) is 98.5 cm³/mol. The number of aryl methyl sites for hydroxylation is 1. The quantitative estimate of drug-likeness (QED) is 0.488. The molecule has 0 fully saturated rings. The van der Waals surface area contributed by atoms with E-state index in [4.69, 9.17) is 16.3 Å². The van der Waals surface area contributed by atoms with E-state index < -0.39 is 18.5 Å². The molecule has 134 valence electrons. The number of hydrogen-bond donors (Lipinski definition) is 1. The largest absolute Gasteiger partial charge is 0.452 e. The van der Waals surface area contributed by atoms with Crippen LogP contribution in [0.3, 0.4) is 0 Å². The molecule has 0 aliphatic heterocycles. The van der Waals surface area contributed by atoms with Crippen molar-refractivity contribution in [1.29, 1.82) is 5.26 Å². The van der Waals surface area contributed by atoms with E-state index in [0.717, 1.165) is 37.7 Å². The number of nitriles is 1. The Kier molecular flexibility index (Phi) is 5.86. The molecule has 2 aromatic heterocycles. The number of anilines is 1. The Morgan fingerprint density at radius 3 is 2.85 bits per heavy atom. The number of fused-ring (bicyclic) bond motifs is 1. The number of amides is 1. The molecule has 26 heavy (non-hydrogen) atoms. The SMILES string of the molecule is N#Cc1c(NC(=O)COC(=O)c2ccc(Cl)nc2)sc2c1CCCCC2. The number of carbonyl (C=O) groups excluding carboxylic acids is 2. The van der Waals surface area contributed by atoms with Crippen LogP contribution in [0.25, 0.3) is 0 Å². The van der Waals surface area contributed by atoms with Crippen molar-refractivity contribution in [3.8, 4) is 6.07 Å². The maximum absolute atomic E-state index is 12.1. The first-order valence-electron chi connectivity index (χ1n) is 8.21. The molecule has 1 aliphatic carbocycles. The van der Waals surface area contributed by atoms with Crippen LogP contribution in [0.1, 0.15) is 45.6 Å². The second-order valence-electron chi connectivity index (χ2n) is 5.87. The van der Waals surface area contributed by atoms with E-state index >= 15 is 0 Å². The van der Waals surface area contributed by atoms with Gasteiger partial charge in [0.05, 0.1) is 11.1 Å². The number of rotatable bonds is 4. The molecule has 2 aromatic rings. The van der Waals surface area contributed by atoms with Gasteiger partial charge in [0.15, 0.2) is 6.61 Å². The lowest BCUT2D eigenvalue weighted by molar-refractivity contribution is -0.119. The number of hydrogen-bond acceptors (Lipinski definition) is 6. The number of pyridine rings is 1. The number of ether oxygens (including phenoxy) is 1. The summed E-state index contributed by atoms with van der Waals surface area (Å²) < 4.78 is 4.99. The van der Waals surface area contributed by atoms with Gasteiger partial charge in [0.1, 0.15) is 16.2 Å². The highest BCUT2D eigenvalue weighted by molar-refractivity contribution is 7.16. The first-order valence-corrected chi connectivity index (χ1v) is 9.41. The number of thiophene rings is 1. The molecule has 0 bridgehead atoms. The van der Waals surface area contributed by atoms with Gasteiger partial charge in [0.25, 0.3) is 5.91 Å². The van der Waals surface area contributed by atoms with Crippen LogP contribution in [0.4, 0.5) is 5.00 Å². The maximum Gasteiger partial charge on any atom is 0.340 e. The van der Waals surface area contributed by atoms with Gasteiger partial charge in [-0.15, -0.1) is 11.3 Å². The zero-order valence-corrected chi connectivity index (χ0v) is 15.5. The van der Waals surface area contributed by atoms with Crippen LogP contribution in [-0.2, 0) is 22.4 Å². The molecule has 3 rings (SSSR count). The highest BCUT2D eigenvalue weighted by Crippen LogP contribution is 2.36. The van der Waals surface area contributed by atoms with Gasteiger partial charge in [-0.05, 0) is 43.4 Å². The molecule has 0 saturated carbocycles. The fraction of sp³-hybridized carbons (Fsp3) is 0.333. The van der Waals surface area contributed by atoms with Crippen LogP contribution >= 0.6 is 22.9 Å². The average molecular weight is 390 g/mol. The minimum absolute atomic E-state index is 0.211. The highest BCUT2D eigenvalue weighted by Gasteiger charge is 2.21. The standard InChI is InChI=1S/C18H16ClN3O3S/c19-15-7-6-11(9-21-15)18(24)25-10-16(23)22-17-13(8-20)12-4-2-1-3-5-14(12)26-17/h6-7,9H,1-5,10H2,(H,22,23). The second-order valence-corrected chi connectivity index (χ2v) is 7.37. The monoisotopic (exact) mass is 389 g/mol. The molecule has 8 heteroatoms. The molecular weight excluding hydrogens is 374 g/mol. The fourth-order valence-electron chi connectivity index (χ4n) is 2.82. The van der Waals surface area contributed by atoms with E-state index in [1.165, 1.54) is 34.5 Å². The van der Waals surface area contributed by atoms with Crippen molar-refractivity contribution in [2.75, 3.05) is 11.9 Å². The van der Waals surface area contributed by atoms with Crippen LogP contribution < -0.4 is 5.32 Å². The van der Waals surface area contributed by atoms with Crippen molar-refractivity contribution < 1.29 is 14.3 Å². The minimum atomic E-state index is -0.660.